The molecule has 0 aliphatic heterocycles. The molecule has 3 rings (SSSR count). The van der Waals surface area contributed by atoms with Crippen LogP contribution in [-0.2, 0) is 5.75 Å². The predicted molar refractivity (Wildman–Crippen MR) is 81.5 cm³/mol. The van der Waals surface area contributed by atoms with E-state index >= 15 is 0 Å². The van der Waals surface area contributed by atoms with Gasteiger partial charge in [-0.05, 0) is 42.5 Å². The Morgan fingerprint density at radius 2 is 1.95 bits per heavy atom. The number of nitrogen functional groups attached to an aromatic ring is 1. The zero-order valence-electron chi connectivity index (χ0n) is 10.1. The van der Waals surface area contributed by atoms with Crippen molar-refractivity contribution in [3.8, 4) is 0 Å². The predicted octanol–water partition coefficient (Wildman–Crippen LogP) is 4.09. The van der Waals surface area contributed by atoms with Gasteiger partial charge < -0.3 is 10.7 Å². The average Bonchev–Trinajstić information content (AvgIpc) is 2.80. The number of hydrogen-bond donors (Lipinski definition) is 2. The fraction of sp³-hybridized carbons (Fsp3) is 0.0714. The molecule has 0 atom stereocenters. The van der Waals surface area contributed by atoms with Gasteiger partial charge in [0, 0.05) is 15.6 Å². The van der Waals surface area contributed by atoms with Crippen LogP contribution in [0, 0.1) is 0 Å². The summed E-state index contributed by atoms with van der Waals surface area (Å²) in [6, 6.07) is 13.5. The molecule has 0 fully saturated rings. The van der Waals surface area contributed by atoms with Crippen LogP contribution < -0.4 is 5.73 Å². The molecule has 3 N–H and O–H groups in total. The van der Waals surface area contributed by atoms with Crippen LogP contribution in [0.15, 0.2) is 47.4 Å². The number of nitrogens with one attached hydrogen (secondary N) is 1. The van der Waals surface area contributed by atoms with Gasteiger partial charge in [0.25, 0.3) is 0 Å². The first-order valence-corrected chi connectivity index (χ1v) is 7.19. The zero-order valence-corrected chi connectivity index (χ0v) is 11.6. The number of anilines is 1. The van der Waals surface area contributed by atoms with E-state index in [1.54, 1.807) is 11.8 Å². The van der Waals surface area contributed by atoms with Crippen LogP contribution in [0.2, 0.25) is 5.02 Å². The molecule has 0 saturated heterocycles. The fourth-order valence-corrected chi connectivity index (χ4v) is 2.73. The van der Waals surface area contributed by atoms with E-state index in [2.05, 4.69) is 9.97 Å². The molecule has 0 bridgehead atoms. The molecular formula is C14H12ClN3S. The van der Waals surface area contributed by atoms with Crippen LogP contribution in [0.1, 0.15) is 5.82 Å². The molecule has 96 valence electrons. The van der Waals surface area contributed by atoms with Crippen molar-refractivity contribution in [1.29, 1.82) is 0 Å². The Bertz CT molecular complexity index is 706. The third-order valence-corrected chi connectivity index (χ3v) is 4.02. The first-order valence-electron chi connectivity index (χ1n) is 5.83. The summed E-state index contributed by atoms with van der Waals surface area (Å²) in [5.74, 6) is 1.73. The largest absolute Gasteiger partial charge is 0.399 e. The van der Waals surface area contributed by atoms with Gasteiger partial charge in [0.1, 0.15) is 5.82 Å². The molecule has 0 unspecified atom stereocenters. The van der Waals surface area contributed by atoms with Crippen molar-refractivity contribution in [2.24, 2.45) is 0 Å². The van der Waals surface area contributed by atoms with Crippen molar-refractivity contribution in [3.63, 3.8) is 0 Å². The van der Waals surface area contributed by atoms with Crippen molar-refractivity contribution in [2.75, 3.05) is 5.73 Å². The van der Waals surface area contributed by atoms with E-state index in [-0.39, 0.29) is 0 Å². The number of hydrogen-bond acceptors (Lipinski definition) is 3. The van der Waals surface area contributed by atoms with E-state index in [4.69, 9.17) is 17.3 Å². The lowest BCUT2D eigenvalue weighted by Crippen LogP contribution is -1.83. The summed E-state index contributed by atoms with van der Waals surface area (Å²) in [4.78, 5) is 8.98. The maximum Gasteiger partial charge on any atom is 0.117 e. The molecule has 0 radical (unpaired) electrons. The van der Waals surface area contributed by atoms with Gasteiger partial charge in [-0.15, -0.1) is 11.8 Å². The first-order chi connectivity index (χ1) is 9.20. The summed E-state index contributed by atoms with van der Waals surface area (Å²) in [7, 11) is 0. The second-order valence-corrected chi connectivity index (χ2v) is 5.69. The van der Waals surface area contributed by atoms with Gasteiger partial charge in [-0.3, -0.25) is 0 Å². The lowest BCUT2D eigenvalue weighted by atomic mass is 10.3. The zero-order chi connectivity index (χ0) is 13.2. The van der Waals surface area contributed by atoms with Gasteiger partial charge in [-0.2, -0.15) is 0 Å². The maximum absolute atomic E-state index is 5.86. The van der Waals surface area contributed by atoms with E-state index in [0.717, 1.165) is 33.3 Å². The highest BCUT2D eigenvalue weighted by molar-refractivity contribution is 7.98. The number of fused-ring (bicyclic) bond motifs is 1. The minimum absolute atomic E-state index is 0.744. The van der Waals surface area contributed by atoms with Gasteiger partial charge in [-0.1, -0.05) is 11.6 Å². The van der Waals surface area contributed by atoms with Gasteiger partial charge >= 0.3 is 0 Å². The summed E-state index contributed by atoms with van der Waals surface area (Å²) in [6.07, 6.45) is 0. The number of imidazole rings is 1. The van der Waals surface area contributed by atoms with Crippen LogP contribution in [0.4, 0.5) is 5.69 Å². The Balaban J connectivity index is 1.76. The molecule has 0 aliphatic carbocycles. The summed E-state index contributed by atoms with van der Waals surface area (Å²) in [5.41, 5.74) is 8.41. The Hall–Kier alpha value is -1.65. The molecule has 3 nitrogen and oxygen atoms in total. The molecule has 3 aromatic rings. The third kappa shape index (κ3) is 2.85. The standard InChI is InChI=1S/C14H12ClN3S/c15-9-1-4-11(5-2-9)19-8-14-17-12-6-3-10(16)7-13(12)18-14/h1-7H,8,16H2,(H,17,18). The molecule has 0 saturated carbocycles. The van der Waals surface area contributed by atoms with Gasteiger partial charge in [0.2, 0.25) is 0 Å². The number of H-pyrrole nitrogens is 1. The Labute approximate surface area is 120 Å². The topological polar surface area (TPSA) is 54.7 Å². The number of aromatic amines is 1. The number of rotatable bonds is 3. The Morgan fingerprint density at radius 3 is 2.74 bits per heavy atom. The second kappa shape index (κ2) is 5.15. The minimum Gasteiger partial charge on any atom is -0.399 e. The van der Waals surface area contributed by atoms with Crippen molar-refractivity contribution in [2.45, 2.75) is 10.6 Å². The van der Waals surface area contributed by atoms with Crippen molar-refractivity contribution in [1.82, 2.24) is 9.97 Å². The maximum atomic E-state index is 5.86. The SMILES string of the molecule is Nc1ccc2nc(CSc3ccc(Cl)cc3)[nH]c2c1. The van der Waals surface area contributed by atoms with Crippen LogP contribution >= 0.6 is 23.4 Å². The lowest BCUT2D eigenvalue weighted by molar-refractivity contribution is 1.14. The summed E-state index contributed by atoms with van der Waals surface area (Å²) in [5, 5.41) is 0.753. The Kier molecular flexibility index (Phi) is 3.36. The smallest absolute Gasteiger partial charge is 0.117 e. The Morgan fingerprint density at radius 1 is 1.16 bits per heavy atom. The molecule has 1 aromatic heterocycles. The highest BCUT2D eigenvalue weighted by atomic mass is 35.5. The second-order valence-electron chi connectivity index (χ2n) is 4.20. The third-order valence-electron chi connectivity index (χ3n) is 2.74. The highest BCUT2D eigenvalue weighted by Crippen LogP contribution is 2.24. The van der Waals surface area contributed by atoms with E-state index in [1.165, 1.54) is 4.90 Å². The van der Waals surface area contributed by atoms with Crippen molar-refractivity contribution < 1.29 is 0 Å². The van der Waals surface area contributed by atoms with Crippen LogP contribution in [0.5, 0.6) is 0 Å². The van der Waals surface area contributed by atoms with Gasteiger partial charge in [0.15, 0.2) is 0 Å². The summed E-state index contributed by atoms with van der Waals surface area (Å²) >= 11 is 7.58. The number of nitrogens with two attached hydrogens (primary N) is 1. The highest BCUT2D eigenvalue weighted by Gasteiger charge is 2.04. The normalized spacial score (nSPS) is 11.0. The molecular weight excluding hydrogens is 278 g/mol. The molecule has 0 spiro atoms. The number of nitrogens with zero attached hydrogens (tertiary/aromatic N) is 1. The molecule has 5 heteroatoms. The molecule has 0 aliphatic rings. The first kappa shape index (κ1) is 12.4. The fourth-order valence-electron chi connectivity index (χ4n) is 1.83. The minimum atomic E-state index is 0.744. The van der Waals surface area contributed by atoms with Crippen molar-refractivity contribution in [3.05, 3.63) is 53.3 Å². The molecule has 1 heterocycles. The van der Waals surface area contributed by atoms with Crippen LogP contribution in [0.25, 0.3) is 11.0 Å². The molecule has 2 aromatic carbocycles. The van der Waals surface area contributed by atoms with E-state index in [1.807, 2.05) is 42.5 Å². The van der Waals surface area contributed by atoms with Crippen molar-refractivity contribution >= 4 is 40.1 Å². The summed E-state index contributed by atoms with van der Waals surface area (Å²) in [6.45, 7) is 0. The summed E-state index contributed by atoms with van der Waals surface area (Å²) < 4.78 is 0. The van der Waals surface area contributed by atoms with Crippen LogP contribution in [0.3, 0.4) is 0 Å². The van der Waals surface area contributed by atoms with E-state index in [9.17, 15) is 0 Å². The van der Waals surface area contributed by atoms with E-state index < -0.39 is 0 Å². The van der Waals surface area contributed by atoms with Gasteiger partial charge in [0.05, 0.1) is 16.8 Å². The van der Waals surface area contributed by atoms with E-state index in [0.29, 0.717) is 0 Å². The molecule has 19 heavy (non-hydrogen) atoms. The van der Waals surface area contributed by atoms with Gasteiger partial charge in [-0.25, -0.2) is 4.98 Å². The van der Waals surface area contributed by atoms with Crippen LogP contribution in [-0.4, -0.2) is 9.97 Å². The quantitative estimate of drug-likeness (QED) is 0.564. The number of halogens is 1. The molecule has 0 amide bonds. The number of thioether (sulfide) groups is 1. The monoisotopic (exact) mass is 289 g/mol. The average molecular weight is 290 g/mol. The lowest BCUT2D eigenvalue weighted by Gasteiger charge is -1.99. The number of aromatic nitrogens is 2. The number of benzene rings is 2.